The Bertz CT molecular complexity index is 887. The van der Waals surface area contributed by atoms with E-state index in [1.165, 1.54) is 0 Å². The van der Waals surface area contributed by atoms with Crippen LogP contribution in [-0.4, -0.2) is 82.8 Å². The number of benzene rings is 1. The average Bonchev–Trinajstić information content (AvgIpc) is 3.39. The number of nitrogens with zero attached hydrogens (tertiary/aromatic N) is 5. The molecule has 0 aliphatic carbocycles. The van der Waals surface area contributed by atoms with E-state index in [4.69, 9.17) is 14.2 Å². The maximum absolute atomic E-state index is 13.1. The Balaban J connectivity index is 1.57. The van der Waals surface area contributed by atoms with E-state index in [1.54, 1.807) is 17.9 Å². The number of fused-ring (bicyclic) bond motifs is 2. The van der Waals surface area contributed by atoms with Crippen molar-refractivity contribution in [2.45, 2.75) is 32.4 Å². The smallest absolute Gasteiger partial charge is 0.276 e. The molecule has 168 valence electrons. The van der Waals surface area contributed by atoms with Crippen LogP contribution < -0.4 is 9.47 Å². The summed E-state index contributed by atoms with van der Waals surface area (Å²) in [7, 11) is 1.76. The monoisotopic (exact) mass is 429 g/mol. The Kier molecular flexibility index (Phi) is 7.03. The fourth-order valence-corrected chi connectivity index (χ4v) is 4.26. The number of aromatic nitrogens is 3. The number of aryl methyl sites for hydroxylation is 1. The lowest BCUT2D eigenvalue weighted by Crippen LogP contribution is -2.44. The van der Waals surface area contributed by atoms with Crippen LogP contribution in [0.1, 0.15) is 35.8 Å². The lowest BCUT2D eigenvalue weighted by Gasteiger charge is -2.30. The second kappa shape index (κ2) is 10.1. The third-order valence-electron chi connectivity index (χ3n) is 5.75. The number of hydrogen-bond acceptors (Lipinski definition) is 7. The first kappa shape index (κ1) is 21.6. The largest absolute Gasteiger partial charge is 0.490 e. The molecule has 9 heteroatoms. The molecular formula is C22H31N5O4. The minimum atomic E-state index is -0.103. The summed E-state index contributed by atoms with van der Waals surface area (Å²) >= 11 is 0. The normalized spacial score (nSPS) is 20.6. The average molecular weight is 430 g/mol. The van der Waals surface area contributed by atoms with E-state index >= 15 is 0 Å². The standard InChI is InChI=1S/C22H31N5O4/c1-3-30-20-8-4-6-17-14-26-9-5-7-18(26)15-27(10-11-29-12-13-31-21(17)20)22(28)19-16-25(2)24-23-19/h4,6,8,16,18H,3,5,7,9-15H2,1-2H3/t18-/m0/s1. The molecule has 0 radical (unpaired) electrons. The van der Waals surface area contributed by atoms with Gasteiger partial charge in [0.25, 0.3) is 5.91 Å². The highest BCUT2D eigenvalue weighted by Gasteiger charge is 2.30. The van der Waals surface area contributed by atoms with Gasteiger partial charge in [-0.25, -0.2) is 0 Å². The van der Waals surface area contributed by atoms with Crippen molar-refractivity contribution < 1.29 is 19.0 Å². The molecule has 2 aliphatic heterocycles. The number of carbonyl (C=O) groups excluding carboxylic acids is 1. The van der Waals surface area contributed by atoms with E-state index in [1.807, 2.05) is 24.0 Å². The Morgan fingerprint density at radius 1 is 1.26 bits per heavy atom. The van der Waals surface area contributed by atoms with Gasteiger partial charge in [-0.1, -0.05) is 17.3 Å². The summed E-state index contributed by atoms with van der Waals surface area (Å²) < 4.78 is 19.2. The van der Waals surface area contributed by atoms with Crippen LogP contribution in [0, 0.1) is 0 Å². The van der Waals surface area contributed by atoms with E-state index < -0.39 is 0 Å². The van der Waals surface area contributed by atoms with Crippen molar-refractivity contribution in [2.24, 2.45) is 7.05 Å². The Hall–Kier alpha value is -2.65. The molecular weight excluding hydrogens is 398 g/mol. The predicted molar refractivity (Wildman–Crippen MR) is 114 cm³/mol. The second-order valence-electron chi connectivity index (χ2n) is 7.93. The quantitative estimate of drug-likeness (QED) is 0.735. The van der Waals surface area contributed by atoms with Gasteiger partial charge in [0.15, 0.2) is 17.2 Å². The molecule has 1 amide bonds. The first-order chi connectivity index (χ1) is 15.2. The van der Waals surface area contributed by atoms with Crippen LogP contribution in [0.3, 0.4) is 0 Å². The highest BCUT2D eigenvalue weighted by Crippen LogP contribution is 2.34. The SMILES string of the molecule is CCOc1cccc2c1OCCOCCN(C(=O)c1cn(C)nn1)C[C@@H]1CCCN1C2. The first-order valence-electron chi connectivity index (χ1n) is 11.0. The molecule has 3 heterocycles. The highest BCUT2D eigenvalue weighted by molar-refractivity contribution is 5.92. The number of para-hydroxylation sites is 1. The Morgan fingerprint density at radius 2 is 2.16 bits per heavy atom. The van der Waals surface area contributed by atoms with E-state index in [0.29, 0.717) is 45.2 Å². The highest BCUT2D eigenvalue weighted by atomic mass is 16.5. The van der Waals surface area contributed by atoms with Crippen molar-refractivity contribution in [3.63, 3.8) is 0 Å². The van der Waals surface area contributed by atoms with E-state index in [2.05, 4.69) is 21.3 Å². The summed E-state index contributed by atoms with van der Waals surface area (Å²) in [6.07, 6.45) is 3.82. The number of carbonyl (C=O) groups is 1. The van der Waals surface area contributed by atoms with Gasteiger partial charge in [0.2, 0.25) is 0 Å². The number of rotatable bonds is 3. The Morgan fingerprint density at radius 3 is 2.97 bits per heavy atom. The van der Waals surface area contributed by atoms with Crippen molar-refractivity contribution in [3.05, 3.63) is 35.7 Å². The molecule has 1 aromatic heterocycles. The fourth-order valence-electron chi connectivity index (χ4n) is 4.26. The summed E-state index contributed by atoms with van der Waals surface area (Å²) in [6.45, 7) is 6.78. The summed E-state index contributed by atoms with van der Waals surface area (Å²) in [5.74, 6) is 1.46. The van der Waals surface area contributed by atoms with Crippen molar-refractivity contribution >= 4 is 5.91 Å². The predicted octanol–water partition coefficient (Wildman–Crippen LogP) is 1.73. The van der Waals surface area contributed by atoms with Crippen molar-refractivity contribution in [3.8, 4) is 11.5 Å². The summed E-state index contributed by atoms with van der Waals surface area (Å²) in [4.78, 5) is 17.4. The van der Waals surface area contributed by atoms with Crippen molar-refractivity contribution in [1.29, 1.82) is 0 Å². The molecule has 31 heavy (non-hydrogen) atoms. The zero-order valence-electron chi connectivity index (χ0n) is 18.3. The van der Waals surface area contributed by atoms with Crippen LogP contribution in [0.5, 0.6) is 11.5 Å². The minimum absolute atomic E-state index is 0.103. The van der Waals surface area contributed by atoms with Crippen LogP contribution in [0.15, 0.2) is 24.4 Å². The maximum Gasteiger partial charge on any atom is 0.276 e. The fraction of sp³-hybridized carbons (Fsp3) is 0.591. The molecule has 9 nitrogen and oxygen atoms in total. The summed E-state index contributed by atoms with van der Waals surface area (Å²) in [5.41, 5.74) is 1.47. The number of amides is 1. The molecule has 0 unspecified atom stereocenters. The second-order valence-corrected chi connectivity index (χ2v) is 7.93. The van der Waals surface area contributed by atoms with Crippen LogP contribution >= 0.6 is 0 Å². The van der Waals surface area contributed by atoms with Crippen LogP contribution in [-0.2, 0) is 18.3 Å². The van der Waals surface area contributed by atoms with Gasteiger partial charge < -0.3 is 19.1 Å². The Labute approximate surface area is 182 Å². The lowest BCUT2D eigenvalue weighted by atomic mass is 10.1. The van der Waals surface area contributed by atoms with Crippen LogP contribution in [0.25, 0.3) is 0 Å². The van der Waals surface area contributed by atoms with E-state index in [-0.39, 0.29) is 11.9 Å². The molecule has 0 spiro atoms. The number of hydrogen-bond donors (Lipinski definition) is 0. The van der Waals surface area contributed by atoms with Gasteiger partial charge in [-0.3, -0.25) is 14.4 Å². The van der Waals surface area contributed by atoms with Gasteiger partial charge in [0, 0.05) is 38.3 Å². The molecule has 0 saturated carbocycles. The van der Waals surface area contributed by atoms with Crippen LogP contribution in [0.2, 0.25) is 0 Å². The minimum Gasteiger partial charge on any atom is -0.490 e. The van der Waals surface area contributed by atoms with Gasteiger partial charge >= 0.3 is 0 Å². The number of ether oxygens (including phenoxy) is 3. The van der Waals surface area contributed by atoms with E-state index in [9.17, 15) is 4.79 Å². The van der Waals surface area contributed by atoms with Gasteiger partial charge in [0.1, 0.15) is 6.61 Å². The zero-order valence-corrected chi connectivity index (χ0v) is 18.3. The molecule has 1 atom stereocenters. The summed E-state index contributed by atoms with van der Waals surface area (Å²) in [5, 5.41) is 7.92. The molecule has 0 N–H and O–H groups in total. The molecule has 1 fully saturated rings. The topological polar surface area (TPSA) is 81.9 Å². The van der Waals surface area contributed by atoms with Gasteiger partial charge in [-0.05, 0) is 32.4 Å². The third kappa shape index (κ3) is 5.16. The van der Waals surface area contributed by atoms with Gasteiger partial charge in [0.05, 0.1) is 26.0 Å². The third-order valence-corrected chi connectivity index (χ3v) is 5.75. The summed E-state index contributed by atoms with van der Waals surface area (Å²) in [6, 6.07) is 6.32. The molecule has 0 bridgehead atoms. The lowest BCUT2D eigenvalue weighted by molar-refractivity contribution is 0.0534. The molecule has 2 aliphatic rings. The molecule has 1 aromatic carbocycles. The van der Waals surface area contributed by atoms with Crippen LogP contribution in [0.4, 0.5) is 0 Å². The molecule has 2 aromatic rings. The van der Waals surface area contributed by atoms with E-state index in [0.717, 1.165) is 43.0 Å². The molecule has 4 rings (SSSR count). The zero-order chi connectivity index (χ0) is 21.6. The van der Waals surface area contributed by atoms with Crippen molar-refractivity contribution in [2.75, 3.05) is 46.1 Å². The van der Waals surface area contributed by atoms with Gasteiger partial charge in [-0.2, -0.15) is 0 Å². The maximum atomic E-state index is 13.1. The molecule has 1 saturated heterocycles. The van der Waals surface area contributed by atoms with Gasteiger partial charge in [-0.15, -0.1) is 5.10 Å². The van der Waals surface area contributed by atoms with Crippen molar-refractivity contribution in [1.82, 2.24) is 24.8 Å². The first-order valence-corrected chi connectivity index (χ1v) is 11.0.